The number of benzene rings is 1. The van der Waals surface area contributed by atoms with Crippen LogP contribution in [0.1, 0.15) is 0 Å². The molecule has 4 heteroatoms. The van der Waals surface area contributed by atoms with Gasteiger partial charge in [-0.25, -0.2) is 0 Å². The maximum absolute atomic E-state index is 5.82. The van der Waals surface area contributed by atoms with Crippen molar-refractivity contribution in [1.29, 1.82) is 0 Å². The first-order valence-electron chi connectivity index (χ1n) is 5.61. The molecule has 0 saturated carbocycles. The summed E-state index contributed by atoms with van der Waals surface area (Å²) in [7, 11) is 0. The van der Waals surface area contributed by atoms with Gasteiger partial charge in [0, 0.05) is 6.54 Å². The third-order valence-corrected chi connectivity index (χ3v) is 2.84. The zero-order valence-corrected chi connectivity index (χ0v) is 9.02. The molecule has 86 valence electrons. The average Bonchev–Trinajstić information content (AvgIpc) is 2.27. The van der Waals surface area contributed by atoms with Crippen LogP contribution in [0.2, 0.25) is 0 Å². The molecule has 2 aliphatic rings. The molecule has 4 nitrogen and oxygen atoms in total. The molecule has 0 bridgehead atoms. The average molecular weight is 221 g/mol. The Balaban J connectivity index is 1.55. The van der Waals surface area contributed by atoms with Gasteiger partial charge in [-0.1, -0.05) is 12.1 Å². The lowest BCUT2D eigenvalue weighted by molar-refractivity contribution is -0.0121. The normalized spacial score (nSPS) is 23.9. The highest BCUT2D eigenvalue weighted by atomic mass is 16.6. The number of hydrogen-bond acceptors (Lipinski definition) is 4. The molecule has 0 radical (unpaired) electrons. The SMILES string of the molecule is c1ccc2c(c1)OCC(CNC1COC1)O2. The zero-order chi connectivity index (χ0) is 10.8. The largest absolute Gasteiger partial charge is 0.486 e. The minimum absolute atomic E-state index is 0.0931. The fraction of sp³-hybridized carbons (Fsp3) is 0.500. The summed E-state index contributed by atoms with van der Waals surface area (Å²) in [6.45, 7) is 3.04. The molecule has 1 unspecified atom stereocenters. The predicted octanol–water partition coefficient (Wildman–Crippen LogP) is 0.815. The molecule has 1 aromatic carbocycles. The van der Waals surface area contributed by atoms with Gasteiger partial charge in [0.1, 0.15) is 12.7 Å². The Morgan fingerprint density at radius 2 is 1.94 bits per heavy atom. The number of rotatable bonds is 3. The third kappa shape index (κ3) is 1.99. The van der Waals surface area contributed by atoms with Crippen LogP contribution in [0.4, 0.5) is 0 Å². The van der Waals surface area contributed by atoms with Gasteiger partial charge in [0.2, 0.25) is 0 Å². The molecule has 16 heavy (non-hydrogen) atoms. The van der Waals surface area contributed by atoms with Gasteiger partial charge in [-0.3, -0.25) is 0 Å². The molecule has 1 N–H and O–H groups in total. The highest BCUT2D eigenvalue weighted by molar-refractivity contribution is 5.40. The van der Waals surface area contributed by atoms with Crippen LogP contribution >= 0.6 is 0 Å². The van der Waals surface area contributed by atoms with E-state index in [2.05, 4.69) is 5.32 Å². The Kier molecular flexibility index (Phi) is 2.68. The van der Waals surface area contributed by atoms with Crippen LogP contribution in [-0.4, -0.2) is 38.5 Å². The highest BCUT2D eigenvalue weighted by Crippen LogP contribution is 2.30. The second-order valence-electron chi connectivity index (χ2n) is 4.14. The Labute approximate surface area is 94.5 Å². The van der Waals surface area contributed by atoms with E-state index in [-0.39, 0.29) is 6.10 Å². The number of nitrogens with one attached hydrogen (secondary N) is 1. The van der Waals surface area contributed by atoms with Gasteiger partial charge in [-0.2, -0.15) is 0 Å². The molecular weight excluding hydrogens is 206 g/mol. The number of fused-ring (bicyclic) bond motifs is 1. The lowest BCUT2D eigenvalue weighted by atomic mass is 10.2. The molecule has 1 atom stereocenters. The summed E-state index contributed by atoms with van der Waals surface area (Å²) in [5, 5.41) is 3.39. The van der Waals surface area contributed by atoms with Crippen LogP contribution in [0.5, 0.6) is 11.5 Å². The fourth-order valence-corrected chi connectivity index (χ4v) is 1.82. The van der Waals surface area contributed by atoms with Crippen LogP contribution in [0.15, 0.2) is 24.3 Å². The lowest BCUT2D eigenvalue weighted by Crippen LogP contribution is -2.50. The molecule has 2 heterocycles. The highest BCUT2D eigenvalue weighted by Gasteiger charge is 2.23. The quantitative estimate of drug-likeness (QED) is 0.820. The lowest BCUT2D eigenvalue weighted by Gasteiger charge is -2.31. The second kappa shape index (κ2) is 4.31. The topological polar surface area (TPSA) is 39.7 Å². The molecule has 1 saturated heterocycles. The van der Waals surface area contributed by atoms with E-state index in [0.717, 1.165) is 31.3 Å². The van der Waals surface area contributed by atoms with Crippen molar-refractivity contribution in [3.05, 3.63) is 24.3 Å². The van der Waals surface area contributed by atoms with Crippen LogP contribution in [0, 0.1) is 0 Å². The summed E-state index contributed by atoms with van der Waals surface area (Å²) in [6, 6.07) is 8.26. The van der Waals surface area contributed by atoms with E-state index in [0.29, 0.717) is 12.6 Å². The second-order valence-corrected chi connectivity index (χ2v) is 4.14. The van der Waals surface area contributed by atoms with Gasteiger partial charge < -0.3 is 19.5 Å². The summed E-state index contributed by atoms with van der Waals surface area (Å²) in [5.74, 6) is 1.68. The molecule has 1 aromatic rings. The number of ether oxygens (including phenoxy) is 3. The van der Waals surface area contributed by atoms with E-state index in [9.17, 15) is 0 Å². The van der Waals surface area contributed by atoms with Gasteiger partial charge in [-0.15, -0.1) is 0 Å². The van der Waals surface area contributed by atoms with E-state index in [1.54, 1.807) is 0 Å². The van der Waals surface area contributed by atoms with Gasteiger partial charge in [0.15, 0.2) is 11.5 Å². The maximum Gasteiger partial charge on any atom is 0.161 e. The summed E-state index contributed by atoms with van der Waals surface area (Å²) < 4.78 is 16.5. The summed E-state index contributed by atoms with van der Waals surface area (Å²) >= 11 is 0. The molecular formula is C12H15NO3. The van der Waals surface area contributed by atoms with Gasteiger partial charge in [0.05, 0.1) is 19.3 Å². The molecule has 0 amide bonds. The Bertz CT molecular complexity index is 365. The van der Waals surface area contributed by atoms with Crippen molar-refractivity contribution in [2.45, 2.75) is 12.1 Å². The van der Waals surface area contributed by atoms with Gasteiger partial charge in [0.25, 0.3) is 0 Å². The van der Waals surface area contributed by atoms with Crippen LogP contribution in [-0.2, 0) is 4.74 Å². The summed E-state index contributed by atoms with van der Waals surface area (Å²) in [5.41, 5.74) is 0. The van der Waals surface area contributed by atoms with Crippen molar-refractivity contribution in [3.63, 3.8) is 0 Å². The first kappa shape index (κ1) is 9.93. The zero-order valence-electron chi connectivity index (χ0n) is 9.02. The monoisotopic (exact) mass is 221 g/mol. The molecule has 2 aliphatic heterocycles. The van der Waals surface area contributed by atoms with Gasteiger partial charge >= 0.3 is 0 Å². The van der Waals surface area contributed by atoms with Crippen molar-refractivity contribution < 1.29 is 14.2 Å². The summed E-state index contributed by atoms with van der Waals surface area (Å²) in [6.07, 6.45) is 0.0931. The van der Waals surface area contributed by atoms with E-state index in [4.69, 9.17) is 14.2 Å². The molecule has 3 rings (SSSR count). The smallest absolute Gasteiger partial charge is 0.161 e. The minimum Gasteiger partial charge on any atom is -0.486 e. The Morgan fingerprint density at radius 1 is 1.12 bits per heavy atom. The number of para-hydroxylation sites is 2. The first-order valence-corrected chi connectivity index (χ1v) is 5.61. The van der Waals surface area contributed by atoms with Crippen LogP contribution in [0.3, 0.4) is 0 Å². The van der Waals surface area contributed by atoms with E-state index < -0.39 is 0 Å². The van der Waals surface area contributed by atoms with Crippen LogP contribution in [0.25, 0.3) is 0 Å². The van der Waals surface area contributed by atoms with Crippen LogP contribution < -0.4 is 14.8 Å². The minimum atomic E-state index is 0.0931. The molecule has 0 aliphatic carbocycles. The fourth-order valence-electron chi connectivity index (χ4n) is 1.82. The molecule has 0 spiro atoms. The standard InChI is InChI=1S/C12H15NO3/c1-2-4-12-11(3-1)15-8-10(16-12)5-13-9-6-14-7-9/h1-4,9-10,13H,5-8H2. The van der Waals surface area contributed by atoms with E-state index in [1.807, 2.05) is 24.3 Å². The van der Waals surface area contributed by atoms with Crippen molar-refractivity contribution in [3.8, 4) is 11.5 Å². The van der Waals surface area contributed by atoms with E-state index >= 15 is 0 Å². The summed E-state index contributed by atoms with van der Waals surface area (Å²) in [4.78, 5) is 0. The van der Waals surface area contributed by atoms with E-state index in [1.165, 1.54) is 0 Å². The molecule has 0 aromatic heterocycles. The third-order valence-electron chi connectivity index (χ3n) is 2.84. The van der Waals surface area contributed by atoms with Crippen molar-refractivity contribution >= 4 is 0 Å². The van der Waals surface area contributed by atoms with Gasteiger partial charge in [-0.05, 0) is 12.1 Å². The number of hydrogen-bond donors (Lipinski definition) is 1. The first-order chi connectivity index (χ1) is 7.92. The Morgan fingerprint density at radius 3 is 2.69 bits per heavy atom. The molecule has 1 fully saturated rings. The van der Waals surface area contributed by atoms with Crippen molar-refractivity contribution in [2.24, 2.45) is 0 Å². The van der Waals surface area contributed by atoms with Crippen molar-refractivity contribution in [2.75, 3.05) is 26.4 Å². The predicted molar refractivity (Wildman–Crippen MR) is 59.0 cm³/mol. The van der Waals surface area contributed by atoms with Crippen molar-refractivity contribution in [1.82, 2.24) is 5.32 Å². The maximum atomic E-state index is 5.82. The Hall–Kier alpha value is -1.26.